The van der Waals surface area contributed by atoms with Gasteiger partial charge in [-0.2, -0.15) is 10.5 Å². The summed E-state index contributed by atoms with van der Waals surface area (Å²) in [4.78, 5) is 14.3. The minimum Gasteiger partial charge on any atom is -0.493 e. The summed E-state index contributed by atoms with van der Waals surface area (Å²) in [6.45, 7) is 3.69. The number of methoxy groups -OCH3 is 1. The number of anilines is 1. The molecule has 2 aromatic rings. The van der Waals surface area contributed by atoms with Crippen molar-refractivity contribution < 1.29 is 9.47 Å². The molecule has 0 saturated heterocycles. The number of nitrogens with two attached hydrogens (primary N) is 1. The van der Waals surface area contributed by atoms with Gasteiger partial charge in [0.1, 0.15) is 29.1 Å². The summed E-state index contributed by atoms with van der Waals surface area (Å²) in [5, 5.41) is 18.9. The zero-order valence-corrected chi connectivity index (χ0v) is 14.6. The first-order valence-electron chi connectivity index (χ1n) is 7.24. The van der Waals surface area contributed by atoms with E-state index in [-0.39, 0.29) is 39.2 Å². The number of aromatic nitrogens is 1. The molecule has 0 spiro atoms. The lowest BCUT2D eigenvalue weighted by Gasteiger charge is -2.17. The second kappa shape index (κ2) is 7.16. The summed E-state index contributed by atoms with van der Waals surface area (Å²) >= 11 is 6.33. The number of hydrogen-bond donors (Lipinski definition) is 2. The molecule has 1 aromatic heterocycles. The van der Waals surface area contributed by atoms with Gasteiger partial charge in [-0.05, 0) is 19.9 Å². The number of nitrogens with zero attached hydrogens (tertiary/aromatic N) is 2. The van der Waals surface area contributed by atoms with Gasteiger partial charge in [-0.25, -0.2) is 0 Å². The van der Waals surface area contributed by atoms with E-state index < -0.39 is 5.56 Å². The summed E-state index contributed by atoms with van der Waals surface area (Å²) in [5.74, 6) is 0.611. The van der Waals surface area contributed by atoms with Crippen molar-refractivity contribution in [2.24, 2.45) is 0 Å². The predicted octanol–water partition coefficient (Wildman–Crippen LogP) is 2.82. The van der Waals surface area contributed by atoms with E-state index in [4.69, 9.17) is 26.8 Å². The standard InChI is InChI=1S/C17H15ClN4O3/c1-8(2)25-14-5-12(18)9(4-13(14)24-3)15-10(6-19)16(21)22-17(23)11(15)7-20/h4-5,8H,1-3H3,(H3,21,22,23). The third-order valence-electron chi connectivity index (χ3n) is 3.35. The fraction of sp³-hybridized carbons (Fsp3) is 0.235. The van der Waals surface area contributed by atoms with Gasteiger partial charge in [0, 0.05) is 17.2 Å². The molecule has 8 heteroatoms. The second-order valence-electron chi connectivity index (χ2n) is 5.37. The maximum atomic E-state index is 12.0. The van der Waals surface area contributed by atoms with E-state index in [0.29, 0.717) is 11.5 Å². The third kappa shape index (κ3) is 3.37. The predicted molar refractivity (Wildman–Crippen MR) is 93.7 cm³/mol. The summed E-state index contributed by atoms with van der Waals surface area (Å²) in [5.41, 5.74) is 5.06. The van der Waals surface area contributed by atoms with E-state index in [9.17, 15) is 15.3 Å². The van der Waals surface area contributed by atoms with Gasteiger partial charge in [-0.1, -0.05) is 11.6 Å². The normalized spacial score (nSPS) is 10.2. The largest absolute Gasteiger partial charge is 0.493 e. The van der Waals surface area contributed by atoms with Crippen LogP contribution in [-0.4, -0.2) is 18.2 Å². The molecule has 128 valence electrons. The van der Waals surface area contributed by atoms with E-state index in [1.165, 1.54) is 19.2 Å². The fourth-order valence-electron chi connectivity index (χ4n) is 2.34. The first-order chi connectivity index (χ1) is 11.8. The van der Waals surface area contributed by atoms with Crippen LogP contribution in [0.1, 0.15) is 25.0 Å². The van der Waals surface area contributed by atoms with Crippen molar-refractivity contribution in [3.05, 3.63) is 38.6 Å². The molecule has 7 nitrogen and oxygen atoms in total. The van der Waals surface area contributed by atoms with Gasteiger partial charge < -0.3 is 20.2 Å². The van der Waals surface area contributed by atoms with Gasteiger partial charge in [0.05, 0.1) is 18.2 Å². The quantitative estimate of drug-likeness (QED) is 0.865. The number of rotatable bonds is 4. The van der Waals surface area contributed by atoms with Crippen LogP contribution in [0.3, 0.4) is 0 Å². The molecule has 0 aliphatic rings. The molecule has 0 aliphatic carbocycles. The van der Waals surface area contributed by atoms with E-state index in [1.54, 1.807) is 6.07 Å². The smallest absolute Gasteiger partial charge is 0.268 e. The van der Waals surface area contributed by atoms with Crippen molar-refractivity contribution in [1.82, 2.24) is 4.98 Å². The first kappa shape index (κ1) is 18.2. The number of hydrogen-bond acceptors (Lipinski definition) is 6. The van der Waals surface area contributed by atoms with E-state index >= 15 is 0 Å². The van der Waals surface area contributed by atoms with Crippen LogP contribution >= 0.6 is 11.6 Å². The van der Waals surface area contributed by atoms with Crippen molar-refractivity contribution in [3.8, 4) is 34.8 Å². The topological polar surface area (TPSA) is 125 Å². The lowest BCUT2D eigenvalue weighted by atomic mass is 9.96. The Balaban J connectivity index is 2.87. The molecule has 1 aromatic carbocycles. The summed E-state index contributed by atoms with van der Waals surface area (Å²) < 4.78 is 10.9. The van der Waals surface area contributed by atoms with Crippen LogP contribution in [0.2, 0.25) is 5.02 Å². The van der Waals surface area contributed by atoms with Crippen molar-refractivity contribution in [3.63, 3.8) is 0 Å². The van der Waals surface area contributed by atoms with Gasteiger partial charge in [0.2, 0.25) is 0 Å². The number of halogens is 1. The molecule has 3 N–H and O–H groups in total. The van der Waals surface area contributed by atoms with Gasteiger partial charge in [-0.15, -0.1) is 0 Å². The van der Waals surface area contributed by atoms with Gasteiger partial charge in [0.25, 0.3) is 5.56 Å². The minimum absolute atomic E-state index is 0.0439. The zero-order valence-electron chi connectivity index (χ0n) is 13.8. The van der Waals surface area contributed by atoms with Crippen LogP contribution < -0.4 is 20.8 Å². The van der Waals surface area contributed by atoms with Crippen LogP contribution in [0.25, 0.3) is 11.1 Å². The average Bonchev–Trinajstić information content (AvgIpc) is 2.54. The number of H-pyrrole nitrogens is 1. The van der Waals surface area contributed by atoms with Crippen molar-refractivity contribution in [2.45, 2.75) is 20.0 Å². The highest BCUT2D eigenvalue weighted by Crippen LogP contribution is 2.41. The zero-order chi connectivity index (χ0) is 18.7. The van der Waals surface area contributed by atoms with E-state index in [0.717, 1.165) is 0 Å². The van der Waals surface area contributed by atoms with Gasteiger partial charge >= 0.3 is 0 Å². The minimum atomic E-state index is -0.702. The maximum Gasteiger partial charge on any atom is 0.268 e. The Hall–Kier alpha value is -3.16. The highest BCUT2D eigenvalue weighted by Gasteiger charge is 2.22. The van der Waals surface area contributed by atoms with Gasteiger partial charge in [0.15, 0.2) is 11.5 Å². The summed E-state index contributed by atoms with van der Waals surface area (Å²) in [7, 11) is 1.45. The second-order valence-corrected chi connectivity index (χ2v) is 5.77. The summed E-state index contributed by atoms with van der Waals surface area (Å²) in [6, 6.07) is 6.71. The average molecular weight is 359 g/mol. The number of pyridine rings is 1. The molecular formula is C17H15ClN4O3. The Labute approximate surface area is 149 Å². The van der Waals surface area contributed by atoms with Crippen molar-refractivity contribution >= 4 is 17.4 Å². The number of nitriles is 2. The first-order valence-corrected chi connectivity index (χ1v) is 7.62. The lowest BCUT2D eigenvalue weighted by molar-refractivity contribution is 0.230. The molecule has 0 aliphatic heterocycles. The monoisotopic (exact) mass is 358 g/mol. The van der Waals surface area contributed by atoms with Crippen LogP contribution in [0, 0.1) is 22.7 Å². The molecule has 0 atom stereocenters. The molecule has 0 fully saturated rings. The Morgan fingerprint density at radius 2 is 1.84 bits per heavy atom. The van der Waals surface area contributed by atoms with Crippen LogP contribution in [-0.2, 0) is 0 Å². The lowest BCUT2D eigenvalue weighted by Crippen LogP contribution is -2.16. The molecule has 25 heavy (non-hydrogen) atoms. The highest BCUT2D eigenvalue weighted by molar-refractivity contribution is 6.33. The van der Waals surface area contributed by atoms with Crippen LogP contribution in [0.15, 0.2) is 16.9 Å². The molecule has 0 saturated carbocycles. The van der Waals surface area contributed by atoms with Crippen LogP contribution in [0.5, 0.6) is 11.5 Å². The number of benzene rings is 1. The molecule has 0 amide bonds. The number of ether oxygens (including phenoxy) is 2. The molecule has 2 rings (SSSR count). The molecule has 1 heterocycles. The van der Waals surface area contributed by atoms with Crippen molar-refractivity contribution in [2.75, 3.05) is 12.8 Å². The van der Waals surface area contributed by atoms with E-state index in [2.05, 4.69) is 4.98 Å². The number of nitrogens with one attached hydrogen (secondary N) is 1. The third-order valence-corrected chi connectivity index (χ3v) is 3.67. The molecule has 0 bridgehead atoms. The van der Waals surface area contributed by atoms with Gasteiger partial charge in [-0.3, -0.25) is 4.79 Å². The number of aromatic amines is 1. The Bertz CT molecular complexity index is 968. The van der Waals surface area contributed by atoms with Crippen LogP contribution in [0.4, 0.5) is 5.82 Å². The van der Waals surface area contributed by atoms with Crippen molar-refractivity contribution in [1.29, 1.82) is 10.5 Å². The maximum absolute atomic E-state index is 12.0. The molecule has 0 unspecified atom stereocenters. The number of nitrogen functional groups attached to an aromatic ring is 1. The Kier molecular flexibility index (Phi) is 5.21. The Morgan fingerprint density at radius 3 is 2.36 bits per heavy atom. The molecular weight excluding hydrogens is 344 g/mol. The Morgan fingerprint density at radius 1 is 1.20 bits per heavy atom. The highest BCUT2D eigenvalue weighted by atomic mass is 35.5. The summed E-state index contributed by atoms with van der Waals surface area (Å²) in [6.07, 6.45) is -0.115. The molecule has 0 radical (unpaired) electrons. The fourth-order valence-corrected chi connectivity index (χ4v) is 2.59. The van der Waals surface area contributed by atoms with E-state index in [1.807, 2.05) is 19.9 Å². The SMILES string of the molecule is COc1cc(-c2c(C#N)c(N)[nH]c(=O)c2C#N)c(Cl)cc1OC(C)C.